The van der Waals surface area contributed by atoms with Crippen LogP contribution in [0.1, 0.15) is 0 Å². The Morgan fingerprint density at radius 1 is 1.19 bits per heavy atom. The molecule has 0 aliphatic heterocycles. The third-order valence-corrected chi connectivity index (χ3v) is 2.30. The molecule has 1 heterocycles. The number of benzene rings is 1. The first-order valence-corrected chi connectivity index (χ1v) is 5.11. The molecule has 2 rings (SSSR count). The van der Waals surface area contributed by atoms with Gasteiger partial charge in [-0.05, 0) is 24.3 Å². The van der Waals surface area contributed by atoms with Crippen LogP contribution in [0.5, 0.6) is 0 Å². The molecule has 0 bridgehead atoms. The number of aromatic nitrogens is 2. The Hall–Kier alpha value is -1.39. The maximum atomic E-state index is 12.9. The lowest BCUT2D eigenvalue weighted by molar-refractivity contribution is 0.628. The molecule has 0 aliphatic rings. The van der Waals surface area contributed by atoms with Crippen molar-refractivity contribution < 1.29 is 4.39 Å². The summed E-state index contributed by atoms with van der Waals surface area (Å²) in [4.78, 5) is 7.87. The second-order valence-corrected chi connectivity index (χ2v) is 3.75. The lowest BCUT2D eigenvalue weighted by atomic mass is 10.3. The number of anilines is 2. The van der Waals surface area contributed by atoms with Gasteiger partial charge in [-0.3, -0.25) is 0 Å². The van der Waals surface area contributed by atoms with Gasteiger partial charge < -0.3 is 5.32 Å². The summed E-state index contributed by atoms with van der Waals surface area (Å²) < 4.78 is 12.9. The molecule has 0 unspecified atom stereocenters. The highest BCUT2D eigenvalue weighted by Gasteiger charge is 2.02. The minimum absolute atomic E-state index is 0.0343. The molecule has 2 aromatic rings. The van der Waals surface area contributed by atoms with Crippen LogP contribution in [0.25, 0.3) is 0 Å². The van der Waals surface area contributed by atoms with E-state index in [1.54, 1.807) is 6.07 Å². The number of hydrogen-bond donors (Lipinski definition) is 1. The lowest BCUT2D eigenvalue weighted by Crippen LogP contribution is -1.96. The van der Waals surface area contributed by atoms with Gasteiger partial charge in [-0.1, -0.05) is 23.2 Å². The van der Waals surface area contributed by atoms with E-state index >= 15 is 0 Å². The van der Waals surface area contributed by atoms with Gasteiger partial charge in [-0.25, -0.2) is 14.4 Å². The molecule has 82 valence electrons. The van der Waals surface area contributed by atoms with Gasteiger partial charge in [0.05, 0.1) is 5.02 Å². The predicted octanol–water partition coefficient (Wildman–Crippen LogP) is 3.67. The Balaban J connectivity index is 2.24. The first-order valence-electron chi connectivity index (χ1n) is 4.36. The topological polar surface area (TPSA) is 37.8 Å². The van der Waals surface area contributed by atoms with E-state index in [1.807, 2.05) is 0 Å². The summed E-state index contributed by atoms with van der Waals surface area (Å²) >= 11 is 11.3. The summed E-state index contributed by atoms with van der Waals surface area (Å²) in [7, 11) is 0. The highest BCUT2D eigenvalue weighted by atomic mass is 35.5. The Labute approximate surface area is 101 Å². The maximum Gasteiger partial charge on any atom is 0.228 e. The van der Waals surface area contributed by atoms with E-state index in [1.165, 1.54) is 24.4 Å². The van der Waals surface area contributed by atoms with Crippen LogP contribution in [0.15, 0.2) is 30.5 Å². The fourth-order valence-corrected chi connectivity index (χ4v) is 1.42. The second-order valence-electron chi connectivity index (χ2n) is 2.96. The average molecular weight is 258 g/mol. The third-order valence-electron chi connectivity index (χ3n) is 1.80. The minimum Gasteiger partial charge on any atom is -0.324 e. The van der Waals surface area contributed by atoms with Crippen LogP contribution in [-0.2, 0) is 0 Å². The zero-order valence-electron chi connectivity index (χ0n) is 7.92. The van der Waals surface area contributed by atoms with Crippen LogP contribution in [0.4, 0.5) is 16.0 Å². The molecular formula is C10H6Cl2FN3. The number of nitrogens with one attached hydrogen (secondary N) is 1. The van der Waals surface area contributed by atoms with E-state index in [0.717, 1.165) is 0 Å². The van der Waals surface area contributed by atoms with E-state index in [-0.39, 0.29) is 5.02 Å². The van der Waals surface area contributed by atoms with Crippen molar-refractivity contribution in [3.8, 4) is 0 Å². The molecule has 0 aliphatic carbocycles. The van der Waals surface area contributed by atoms with E-state index < -0.39 is 5.82 Å². The third kappa shape index (κ3) is 2.59. The number of halogens is 3. The van der Waals surface area contributed by atoms with Crippen molar-refractivity contribution in [3.63, 3.8) is 0 Å². The average Bonchev–Trinajstić information content (AvgIpc) is 2.24. The monoisotopic (exact) mass is 257 g/mol. The fourth-order valence-electron chi connectivity index (χ4n) is 1.10. The first-order chi connectivity index (χ1) is 7.65. The Kier molecular flexibility index (Phi) is 3.22. The Morgan fingerprint density at radius 3 is 2.69 bits per heavy atom. The summed E-state index contributed by atoms with van der Waals surface area (Å²) in [6.45, 7) is 0. The standard InChI is InChI=1S/C10H6Cl2FN3/c11-7-5-6(1-2-8(7)13)15-10-14-4-3-9(12)16-10/h1-5H,(H,14,15,16). The second kappa shape index (κ2) is 4.63. The Bertz CT molecular complexity index is 519. The van der Waals surface area contributed by atoms with Crippen molar-refractivity contribution in [2.24, 2.45) is 0 Å². The molecule has 0 saturated carbocycles. The SMILES string of the molecule is Fc1ccc(Nc2nccc(Cl)n2)cc1Cl. The molecule has 0 saturated heterocycles. The molecule has 1 aromatic heterocycles. The molecule has 3 nitrogen and oxygen atoms in total. The fraction of sp³-hybridized carbons (Fsp3) is 0. The molecule has 0 atom stereocenters. The maximum absolute atomic E-state index is 12.9. The molecule has 1 N–H and O–H groups in total. The van der Waals surface area contributed by atoms with E-state index in [4.69, 9.17) is 23.2 Å². The number of nitrogens with zero attached hydrogens (tertiary/aromatic N) is 2. The van der Waals surface area contributed by atoms with Crippen molar-refractivity contribution in [1.29, 1.82) is 0 Å². The molecule has 0 fully saturated rings. The van der Waals surface area contributed by atoms with Crippen LogP contribution in [0.2, 0.25) is 10.2 Å². The summed E-state index contributed by atoms with van der Waals surface area (Å²) in [6.07, 6.45) is 1.52. The van der Waals surface area contributed by atoms with Gasteiger partial charge >= 0.3 is 0 Å². The summed E-state index contributed by atoms with van der Waals surface area (Å²) in [5.74, 6) is -0.144. The van der Waals surface area contributed by atoms with Crippen molar-refractivity contribution in [3.05, 3.63) is 46.5 Å². The Morgan fingerprint density at radius 2 is 2.00 bits per heavy atom. The quantitative estimate of drug-likeness (QED) is 0.835. The molecule has 1 aromatic carbocycles. The smallest absolute Gasteiger partial charge is 0.228 e. The molecule has 0 spiro atoms. The van der Waals surface area contributed by atoms with Gasteiger partial charge in [0.15, 0.2) is 0 Å². The predicted molar refractivity (Wildman–Crippen MR) is 61.7 cm³/mol. The van der Waals surface area contributed by atoms with Crippen molar-refractivity contribution in [1.82, 2.24) is 9.97 Å². The van der Waals surface area contributed by atoms with Gasteiger partial charge in [0.25, 0.3) is 0 Å². The summed E-state index contributed by atoms with van der Waals surface area (Å²) in [5, 5.41) is 3.21. The minimum atomic E-state index is -0.473. The van der Waals surface area contributed by atoms with E-state index in [0.29, 0.717) is 16.8 Å². The molecular weight excluding hydrogens is 252 g/mol. The van der Waals surface area contributed by atoms with E-state index in [9.17, 15) is 4.39 Å². The van der Waals surface area contributed by atoms with Crippen LogP contribution >= 0.6 is 23.2 Å². The highest BCUT2D eigenvalue weighted by molar-refractivity contribution is 6.31. The van der Waals surface area contributed by atoms with Gasteiger partial charge in [0.2, 0.25) is 5.95 Å². The molecule has 0 amide bonds. The van der Waals surface area contributed by atoms with Gasteiger partial charge in [-0.15, -0.1) is 0 Å². The van der Waals surface area contributed by atoms with Crippen LogP contribution < -0.4 is 5.32 Å². The zero-order valence-corrected chi connectivity index (χ0v) is 9.43. The highest BCUT2D eigenvalue weighted by Crippen LogP contribution is 2.21. The lowest BCUT2D eigenvalue weighted by Gasteiger charge is -2.05. The van der Waals surface area contributed by atoms with Crippen LogP contribution in [0.3, 0.4) is 0 Å². The first kappa shape index (κ1) is 11.1. The van der Waals surface area contributed by atoms with Crippen LogP contribution in [-0.4, -0.2) is 9.97 Å². The number of rotatable bonds is 2. The van der Waals surface area contributed by atoms with Crippen molar-refractivity contribution >= 4 is 34.8 Å². The van der Waals surface area contributed by atoms with Crippen LogP contribution in [0, 0.1) is 5.82 Å². The molecule has 6 heteroatoms. The van der Waals surface area contributed by atoms with Gasteiger partial charge in [0, 0.05) is 11.9 Å². The van der Waals surface area contributed by atoms with Gasteiger partial charge in [0.1, 0.15) is 11.0 Å². The van der Waals surface area contributed by atoms with Crippen molar-refractivity contribution in [2.75, 3.05) is 5.32 Å². The largest absolute Gasteiger partial charge is 0.324 e. The zero-order chi connectivity index (χ0) is 11.5. The normalized spacial score (nSPS) is 10.2. The summed E-state index contributed by atoms with van der Waals surface area (Å²) in [6, 6.07) is 5.80. The molecule has 16 heavy (non-hydrogen) atoms. The number of hydrogen-bond acceptors (Lipinski definition) is 3. The molecule has 0 radical (unpaired) electrons. The van der Waals surface area contributed by atoms with Gasteiger partial charge in [-0.2, -0.15) is 0 Å². The van der Waals surface area contributed by atoms with E-state index in [2.05, 4.69) is 15.3 Å². The summed E-state index contributed by atoms with van der Waals surface area (Å²) in [5.41, 5.74) is 0.591. The van der Waals surface area contributed by atoms with Crippen molar-refractivity contribution in [2.45, 2.75) is 0 Å².